The summed E-state index contributed by atoms with van der Waals surface area (Å²) in [6, 6.07) is 9.17. The molecule has 0 spiro atoms. The Balaban J connectivity index is 0. The predicted molar refractivity (Wildman–Crippen MR) is 93.8 cm³/mol. The Hall–Kier alpha value is -1.97. The van der Waals surface area contributed by atoms with Crippen molar-refractivity contribution >= 4 is 17.9 Å². The first-order chi connectivity index (χ1) is 12.3. The molecule has 0 aliphatic rings. The Morgan fingerprint density at radius 1 is 0.852 bits per heavy atom. The fourth-order valence-electron chi connectivity index (χ4n) is 2.07. The topological polar surface area (TPSA) is 139 Å². The summed E-state index contributed by atoms with van der Waals surface area (Å²) in [7, 11) is 0. The molecule has 152 valence electrons. The van der Waals surface area contributed by atoms with Gasteiger partial charge in [0.25, 0.3) is 0 Å². The van der Waals surface area contributed by atoms with E-state index in [4.69, 9.17) is 20.4 Å². The summed E-state index contributed by atoms with van der Waals surface area (Å²) in [5, 5.41) is 34.0. The molecule has 27 heavy (non-hydrogen) atoms. The Labute approximate surface area is 168 Å². The Bertz CT molecular complexity index is 541. The molecular weight excluding hydrogens is 400 g/mol. The molecule has 0 radical (unpaired) electrons. The number of likely N-dealkylation sites (N-methyl/N-ethyl adjacent to an activating group) is 1. The van der Waals surface area contributed by atoms with Crippen LogP contribution in [0.1, 0.15) is 12.5 Å². The van der Waals surface area contributed by atoms with Crippen LogP contribution >= 0.6 is 0 Å². The van der Waals surface area contributed by atoms with Crippen LogP contribution in [0.4, 0.5) is 0 Å². The van der Waals surface area contributed by atoms with Crippen molar-refractivity contribution in [2.75, 3.05) is 39.3 Å². The van der Waals surface area contributed by atoms with Gasteiger partial charge in [-0.25, -0.2) is 0 Å². The maximum Gasteiger partial charge on any atom is 2.00 e. The summed E-state index contributed by atoms with van der Waals surface area (Å²) in [5.74, 6) is -2.91. The molecule has 1 aromatic carbocycles. The number of aliphatic carboxylic acids is 3. The first-order valence-electron chi connectivity index (χ1n) is 8.03. The predicted octanol–water partition coefficient (Wildman–Crippen LogP) is 0.0405. The molecule has 0 unspecified atom stereocenters. The van der Waals surface area contributed by atoms with E-state index in [2.05, 4.69) is 0 Å². The molecule has 0 aliphatic carbocycles. The van der Waals surface area contributed by atoms with Gasteiger partial charge in [-0.1, -0.05) is 37.3 Å². The maximum absolute atomic E-state index is 10.5. The minimum Gasteiger partial charge on any atom is -0.480 e. The summed E-state index contributed by atoms with van der Waals surface area (Å²) >= 11 is 0. The van der Waals surface area contributed by atoms with E-state index in [1.807, 2.05) is 37.3 Å². The third-order valence-electron chi connectivity index (χ3n) is 3.19. The molecule has 0 amide bonds. The minimum atomic E-state index is -1.03. The molecule has 0 fully saturated rings. The Kier molecular flexibility index (Phi) is 16.4. The number of benzene rings is 1. The summed E-state index contributed by atoms with van der Waals surface area (Å²) < 4.78 is 0. The summed E-state index contributed by atoms with van der Waals surface area (Å²) in [5.41, 5.74) is 0.894. The SMILES string of the molecule is CCN(CCO)CC(=O)O.O=C(O)CN(CC(=O)O)Cc1ccccc1.[Fe+2]. The number of carbonyl (C=O) groups is 3. The minimum absolute atomic E-state index is 0. The summed E-state index contributed by atoms with van der Waals surface area (Å²) in [4.78, 5) is 34.2. The van der Waals surface area contributed by atoms with Gasteiger partial charge in [-0.3, -0.25) is 24.2 Å². The van der Waals surface area contributed by atoms with Gasteiger partial charge in [0.2, 0.25) is 0 Å². The number of hydrogen-bond acceptors (Lipinski definition) is 6. The van der Waals surface area contributed by atoms with Gasteiger partial charge in [0.15, 0.2) is 0 Å². The molecule has 1 rings (SSSR count). The number of carboxylic acid groups (broad SMARTS) is 3. The van der Waals surface area contributed by atoms with Crippen molar-refractivity contribution in [1.82, 2.24) is 9.80 Å². The first-order valence-corrected chi connectivity index (χ1v) is 8.03. The number of hydrogen-bond donors (Lipinski definition) is 4. The fourth-order valence-corrected chi connectivity index (χ4v) is 2.07. The van der Waals surface area contributed by atoms with Gasteiger partial charge in [-0.15, -0.1) is 0 Å². The molecule has 0 saturated heterocycles. The second-order valence-corrected chi connectivity index (χ2v) is 5.40. The van der Waals surface area contributed by atoms with Crippen molar-refractivity contribution in [1.29, 1.82) is 0 Å². The van der Waals surface area contributed by atoms with Gasteiger partial charge < -0.3 is 20.4 Å². The van der Waals surface area contributed by atoms with Crippen molar-refractivity contribution in [2.24, 2.45) is 0 Å². The zero-order chi connectivity index (χ0) is 19.9. The molecule has 0 bridgehead atoms. The third-order valence-corrected chi connectivity index (χ3v) is 3.19. The van der Waals surface area contributed by atoms with Crippen molar-refractivity contribution in [3.8, 4) is 0 Å². The van der Waals surface area contributed by atoms with Crippen LogP contribution in [0, 0.1) is 0 Å². The second-order valence-electron chi connectivity index (χ2n) is 5.40. The van der Waals surface area contributed by atoms with Crippen LogP contribution < -0.4 is 0 Å². The first kappa shape index (κ1) is 27.3. The molecule has 0 aliphatic heterocycles. The average molecular weight is 426 g/mol. The number of rotatable bonds is 11. The van der Waals surface area contributed by atoms with E-state index in [1.165, 1.54) is 4.90 Å². The zero-order valence-electron chi connectivity index (χ0n) is 15.1. The third kappa shape index (κ3) is 16.0. The molecule has 0 atom stereocenters. The second kappa shape index (κ2) is 16.2. The smallest absolute Gasteiger partial charge is 0.480 e. The van der Waals surface area contributed by atoms with Gasteiger partial charge in [-0.2, -0.15) is 0 Å². The van der Waals surface area contributed by atoms with E-state index in [0.29, 0.717) is 19.6 Å². The molecule has 9 nitrogen and oxygen atoms in total. The fraction of sp³-hybridized carbons (Fsp3) is 0.471. The quantitative estimate of drug-likeness (QED) is 0.361. The normalized spacial score (nSPS) is 9.93. The van der Waals surface area contributed by atoms with E-state index < -0.39 is 17.9 Å². The molecule has 0 aromatic heterocycles. The standard InChI is InChI=1S/C11H13NO4.C6H13NO3.Fe/c13-10(14)7-12(8-11(15)16)6-9-4-2-1-3-5-9;1-2-7(3-4-8)5-6(9)10;/h1-5H,6-8H2,(H,13,14)(H,15,16);8H,2-5H2,1H3,(H,9,10);/q;;+2. The van der Waals surface area contributed by atoms with Gasteiger partial charge in [0.1, 0.15) is 0 Å². The van der Waals surface area contributed by atoms with Crippen molar-refractivity contribution in [3.63, 3.8) is 0 Å². The van der Waals surface area contributed by atoms with Gasteiger partial charge in [-0.05, 0) is 12.1 Å². The molecular formula is C17H26FeN2O7+2. The van der Waals surface area contributed by atoms with Crippen LogP contribution in [0.2, 0.25) is 0 Å². The van der Waals surface area contributed by atoms with Gasteiger partial charge in [0, 0.05) is 13.1 Å². The number of aliphatic hydroxyl groups is 1. The van der Waals surface area contributed by atoms with E-state index in [9.17, 15) is 14.4 Å². The van der Waals surface area contributed by atoms with Crippen LogP contribution in [0.15, 0.2) is 30.3 Å². The molecule has 4 N–H and O–H groups in total. The Morgan fingerprint density at radius 2 is 1.30 bits per heavy atom. The van der Waals surface area contributed by atoms with Crippen LogP contribution in [0.5, 0.6) is 0 Å². The van der Waals surface area contributed by atoms with Gasteiger partial charge >= 0.3 is 35.0 Å². The van der Waals surface area contributed by atoms with E-state index in [-0.39, 0.29) is 43.3 Å². The average Bonchev–Trinajstić information content (AvgIpc) is 2.54. The molecule has 0 saturated carbocycles. The Morgan fingerprint density at radius 3 is 1.67 bits per heavy atom. The molecule has 10 heteroatoms. The van der Waals surface area contributed by atoms with Crippen LogP contribution in [-0.4, -0.2) is 87.5 Å². The van der Waals surface area contributed by atoms with Crippen LogP contribution in [0.3, 0.4) is 0 Å². The van der Waals surface area contributed by atoms with E-state index >= 15 is 0 Å². The summed E-state index contributed by atoms with van der Waals surface area (Å²) in [6.45, 7) is 2.74. The zero-order valence-corrected chi connectivity index (χ0v) is 16.2. The van der Waals surface area contributed by atoms with E-state index in [1.54, 1.807) is 4.90 Å². The summed E-state index contributed by atoms with van der Waals surface area (Å²) in [6.07, 6.45) is 0. The van der Waals surface area contributed by atoms with Crippen LogP contribution in [0.25, 0.3) is 0 Å². The van der Waals surface area contributed by atoms with Gasteiger partial charge in [0.05, 0.1) is 26.2 Å². The maximum atomic E-state index is 10.5. The van der Waals surface area contributed by atoms with Crippen molar-refractivity contribution in [2.45, 2.75) is 13.5 Å². The van der Waals surface area contributed by atoms with E-state index in [0.717, 1.165) is 5.56 Å². The largest absolute Gasteiger partial charge is 2.00 e. The van der Waals surface area contributed by atoms with Crippen molar-refractivity contribution in [3.05, 3.63) is 35.9 Å². The van der Waals surface area contributed by atoms with Crippen molar-refractivity contribution < 1.29 is 51.9 Å². The monoisotopic (exact) mass is 426 g/mol. The number of aliphatic hydroxyl groups excluding tert-OH is 1. The van der Waals surface area contributed by atoms with Crippen LogP contribution in [-0.2, 0) is 38.0 Å². The number of nitrogens with zero attached hydrogens (tertiary/aromatic N) is 2. The molecule has 0 heterocycles. The number of carboxylic acids is 3. The molecule has 1 aromatic rings.